The zero-order valence-electron chi connectivity index (χ0n) is 24.8. The van der Waals surface area contributed by atoms with Gasteiger partial charge in [-0.2, -0.15) is 0 Å². The third-order valence-corrected chi connectivity index (χ3v) is 25.7. The summed E-state index contributed by atoms with van der Waals surface area (Å²) in [4.78, 5) is 0. The van der Waals surface area contributed by atoms with Crippen LogP contribution in [0.2, 0.25) is 9.36 Å². The number of rotatable bonds is 4. The third-order valence-electron chi connectivity index (χ3n) is 10.6. The Hall–Kier alpha value is -2.77. The monoisotopic (exact) mass is 688 g/mol. The van der Waals surface area contributed by atoms with Crippen LogP contribution < -0.4 is 0 Å². The van der Waals surface area contributed by atoms with Crippen LogP contribution in [0.25, 0.3) is 34.4 Å². The van der Waals surface area contributed by atoms with E-state index in [4.69, 9.17) is 0 Å². The second-order valence-corrected chi connectivity index (χ2v) is 30.3. The molecule has 2 atom stereocenters. The number of hydrogen-bond acceptors (Lipinski definition) is 0. The molecule has 0 nitrogen and oxygen atoms in total. The molecule has 40 heavy (non-hydrogen) atoms. The van der Waals surface area contributed by atoms with E-state index < -0.39 is 20.0 Å². The van der Waals surface area contributed by atoms with Crippen molar-refractivity contribution in [2.75, 3.05) is 0 Å². The molecular weight excluding hydrogens is 647 g/mol. The van der Waals surface area contributed by atoms with Crippen molar-refractivity contribution in [3.63, 3.8) is 0 Å². The first kappa shape index (κ1) is 26.1. The predicted octanol–water partition coefficient (Wildman–Crippen LogP) is 11.3. The van der Waals surface area contributed by atoms with Gasteiger partial charge in [0.2, 0.25) is 0 Å². The zero-order chi connectivity index (χ0) is 27.8. The molecule has 4 aromatic carbocycles. The van der Waals surface area contributed by atoms with Crippen molar-refractivity contribution >= 4 is 12.2 Å². The first-order valence-electron chi connectivity index (χ1n) is 15.1. The second kappa shape index (κ2) is 9.38. The maximum atomic E-state index is 2.77. The molecule has 2 aliphatic carbocycles. The predicted molar refractivity (Wildman–Crippen MR) is 169 cm³/mol. The molecule has 1 aliphatic heterocycles. The number of aryl methyl sites for hydroxylation is 2. The topological polar surface area (TPSA) is 0 Å². The average molecular weight is 687 g/mol. The molecule has 0 spiro atoms. The van der Waals surface area contributed by atoms with Crippen molar-refractivity contribution in [1.82, 2.24) is 0 Å². The molecule has 1 heteroatoms. The summed E-state index contributed by atoms with van der Waals surface area (Å²) in [5.74, 6) is 0. The second-order valence-electron chi connectivity index (χ2n) is 13.0. The van der Waals surface area contributed by atoms with E-state index in [9.17, 15) is 0 Å². The summed E-state index contributed by atoms with van der Waals surface area (Å²) in [5, 5.41) is 0. The standard InChI is InChI=1S/C37H34.2CH3.Hf/c1-5-37(6-2,31-21-29-15-9-17-33(35(29)23-31)27-13-7-11-25(3)19-27)32-22-30-16-10-18-34(36(30)24-32)28-14-8-12-26(4)20-28;;;/h7-24H,5-6H2,1-4H3;2*1H3;. The van der Waals surface area contributed by atoms with Gasteiger partial charge in [0.1, 0.15) is 0 Å². The maximum absolute atomic E-state index is 3.04. The number of allylic oxidation sites excluding steroid dienone is 2. The Bertz CT molecular complexity index is 1600. The Balaban J connectivity index is 1.47. The van der Waals surface area contributed by atoms with Gasteiger partial charge in [-0.05, 0) is 0 Å². The third kappa shape index (κ3) is 3.59. The van der Waals surface area contributed by atoms with Crippen LogP contribution in [0, 0.1) is 19.3 Å². The molecule has 0 aromatic heterocycles. The van der Waals surface area contributed by atoms with Crippen molar-refractivity contribution in [3.8, 4) is 22.3 Å². The summed E-state index contributed by atoms with van der Waals surface area (Å²) in [6.07, 6.45) is 7.68. The first-order chi connectivity index (χ1) is 19.3. The summed E-state index contributed by atoms with van der Waals surface area (Å²) in [5.41, 5.74) is 18.0. The van der Waals surface area contributed by atoms with Gasteiger partial charge in [-0.15, -0.1) is 0 Å². The van der Waals surface area contributed by atoms with Gasteiger partial charge in [-0.25, -0.2) is 0 Å². The van der Waals surface area contributed by atoms with Crippen LogP contribution in [0.3, 0.4) is 0 Å². The van der Waals surface area contributed by atoms with Gasteiger partial charge in [0.25, 0.3) is 0 Å². The van der Waals surface area contributed by atoms with Gasteiger partial charge in [0.15, 0.2) is 0 Å². The minimum absolute atomic E-state index is 0.122. The van der Waals surface area contributed by atoms with E-state index in [-0.39, 0.29) is 5.41 Å². The van der Waals surface area contributed by atoms with Crippen LogP contribution in [0.4, 0.5) is 0 Å². The van der Waals surface area contributed by atoms with Crippen molar-refractivity contribution in [2.24, 2.45) is 5.41 Å². The van der Waals surface area contributed by atoms with Gasteiger partial charge in [0.05, 0.1) is 0 Å². The van der Waals surface area contributed by atoms with E-state index in [2.05, 4.69) is 134 Å². The van der Waals surface area contributed by atoms with Crippen molar-refractivity contribution in [1.29, 1.82) is 0 Å². The van der Waals surface area contributed by atoms with Crippen LogP contribution >= 0.6 is 0 Å². The van der Waals surface area contributed by atoms with Crippen molar-refractivity contribution < 1.29 is 20.0 Å². The Morgan fingerprint density at radius 3 is 1.43 bits per heavy atom. The van der Waals surface area contributed by atoms with E-state index in [1.807, 2.05) is 0 Å². The van der Waals surface area contributed by atoms with Gasteiger partial charge in [-0.1, -0.05) is 0 Å². The van der Waals surface area contributed by atoms with E-state index in [0.29, 0.717) is 7.35 Å². The molecule has 2 unspecified atom stereocenters. The van der Waals surface area contributed by atoms with E-state index >= 15 is 0 Å². The molecular formula is C39H40Hf. The quantitative estimate of drug-likeness (QED) is 0.187. The van der Waals surface area contributed by atoms with Crippen LogP contribution in [-0.2, 0) is 20.0 Å². The van der Waals surface area contributed by atoms with Crippen molar-refractivity contribution in [2.45, 2.75) is 57.2 Å². The van der Waals surface area contributed by atoms with E-state index in [0.717, 1.165) is 0 Å². The van der Waals surface area contributed by atoms with Crippen molar-refractivity contribution in [3.05, 3.63) is 129 Å². The summed E-state index contributed by atoms with van der Waals surface area (Å²) in [7, 11) is 0. The number of benzene rings is 4. The fourth-order valence-corrected chi connectivity index (χ4v) is 25.9. The van der Waals surface area contributed by atoms with E-state index in [1.54, 1.807) is 22.3 Å². The average Bonchev–Trinajstić information content (AvgIpc) is 3.55. The SMILES string of the molecule is CCC1(CC)C2=Cc3c(-c4cccc(C)c4)cccc3[CH]2[Hf]([CH3])([CH3])[CH]2C1=Cc1c(-c3cccc(C)c3)cccc12. The fraction of sp³-hybridized carbons (Fsp3) is 0.282. The summed E-state index contributed by atoms with van der Waals surface area (Å²) >= 11 is -3.04. The number of hydrogen-bond donors (Lipinski definition) is 0. The van der Waals surface area contributed by atoms with Crippen LogP contribution in [0.5, 0.6) is 0 Å². The Morgan fingerprint density at radius 2 is 1.02 bits per heavy atom. The Kier molecular flexibility index (Phi) is 6.13. The normalized spacial score (nSPS) is 21.1. The Labute approximate surface area is 245 Å². The zero-order valence-corrected chi connectivity index (χ0v) is 28.4. The Morgan fingerprint density at radius 1 is 0.600 bits per heavy atom. The molecule has 0 N–H and O–H groups in total. The van der Waals surface area contributed by atoms with Gasteiger partial charge >= 0.3 is 246 Å². The number of fused-ring (bicyclic) bond motifs is 6. The molecule has 1 fully saturated rings. The van der Waals surface area contributed by atoms with Gasteiger partial charge in [0, 0.05) is 0 Å². The van der Waals surface area contributed by atoms with E-state index in [1.165, 1.54) is 57.3 Å². The minimum atomic E-state index is -3.04. The molecule has 0 bridgehead atoms. The molecule has 3 aliphatic rings. The molecule has 0 saturated carbocycles. The molecule has 4 aromatic rings. The van der Waals surface area contributed by atoms with Gasteiger partial charge < -0.3 is 0 Å². The molecule has 0 radical (unpaired) electrons. The molecule has 0 amide bonds. The van der Waals surface area contributed by atoms with Gasteiger partial charge in [-0.3, -0.25) is 0 Å². The molecule has 1 heterocycles. The van der Waals surface area contributed by atoms with Crippen LogP contribution in [0.1, 0.15) is 67.4 Å². The van der Waals surface area contributed by atoms with Crippen LogP contribution in [-0.4, -0.2) is 0 Å². The summed E-state index contributed by atoms with van der Waals surface area (Å²) in [6, 6.07) is 32.5. The first-order valence-corrected chi connectivity index (χ1v) is 26.5. The molecule has 7 rings (SSSR count). The summed E-state index contributed by atoms with van der Waals surface area (Å²) < 4.78 is 6.79. The molecule has 1 saturated heterocycles. The fourth-order valence-electron chi connectivity index (χ4n) is 8.76. The molecule has 200 valence electrons. The van der Waals surface area contributed by atoms with Crippen LogP contribution in [0.15, 0.2) is 96.1 Å². The summed E-state index contributed by atoms with van der Waals surface area (Å²) in [6.45, 7) is 9.31.